The van der Waals surface area contributed by atoms with Gasteiger partial charge in [-0.05, 0) is 5.92 Å². The second-order valence-electron chi connectivity index (χ2n) is 9.21. The molecule has 1 amide bonds. The van der Waals surface area contributed by atoms with Crippen LogP contribution in [0.2, 0.25) is 0 Å². The highest BCUT2D eigenvalue weighted by Gasteiger charge is 2.33. The van der Waals surface area contributed by atoms with Crippen LogP contribution in [0.5, 0.6) is 0 Å². The number of hydrogen-bond acceptors (Lipinski definition) is 9. The first-order valence-electron chi connectivity index (χ1n) is 11.5. The summed E-state index contributed by atoms with van der Waals surface area (Å²) >= 11 is 0.997. The van der Waals surface area contributed by atoms with Crippen LogP contribution in [0.4, 0.5) is 20.2 Å². The summed E-state index contributed by atoms with van der Waals surface area (Å²) in [5, 5.41) is 34.5. The van der Waals surface area contributed by atoms with Crippen LogP contribution in [-0.2, 0) is 20.1 Å². The van der Waals surface area contributed by atoms with Gasteiger partial charge in [0.25, 0.3) is 11.5 Å². The number of nitrogens with zero attached hydrogens (tertiary/aromatic N) is 3. The summed E-state index contributed by atoms with van der Waals surface area (Å²) in [7, 11) is 1.30. The quantitative estimate of drug-likeness (QED) is 0.278. The molecule has 3 heterocycles. The van der Waals surface area contributed by atoms with E-state index < -0.39 is 47.9 Å². The van der Waals surface area contributed by atoms with E-state index in [9.17, 15) is 33.4 Å². The van der Waals surface area contributed by atoms with Crippen molar-refractivity contribution in [2.75, 3.05) is 23.4 Å². The van der Waals surface area contributed by atoms with Crippen molar-refractivity contribution in [3.63, 3.8) is 0 Å². The zero-order valence-corrected chi connectivity index (χ0v) is 21.1. The highest BCUT2D eigenvalue weighted by Crippen LogP contribution is 2.39. The molecule has 14 heteroatoms. The third-order valence-corrected chi connectivity index (χ3v) is 7.17. The number of anilines is 2. The Morgan fingerprint density at radius 3 is 2.57 bits per heavy atom. The molecule has 0 saturated carbocycles. The Balaban J connectivity index is 1.91. The van der Waals surface area contributed by atoms with Crippen molar-refractivity contribution >= 4 is 38.8 Å². The van der Waals surface area contributed by atoms with Gasteiger partial charge in [0.05, 0.1) is 41.6 Å². The maximum Gasteiger partial charge on any atom is 0.331 e. The van der Waals surface area contributed by atoms with E-state index >= 15 is 0 Å². The van der Waals surface area contributed by atoms with Gasteiger partial charge >= 0.3 is 5.69 Å². The molecule has 1 aromatic carbocycles. The number of rotatable bonds is 8. The average molecular weight is 540 g/mol. The molecule has 0 bridgehead atoms. The van der Waals surface area contributed by atoms with Gasteiger partial charge in [0.1, 0.15) is 4.83 Å². The SMILES string of the molecule is CC(C)Cn1c(=O)n(C)c(=O)c2c(C(=O)NC[C@H](O)CO)c(CN3c4cc(F)c(F)cc4NC3O)sc21. The Morgan fingerprint density at radius 1 is 1.24 bits per heavy atom. The van der Waals surface area contributed by atoms with Crippen LogP contribution in [0.25, 0.3) is 10.2 Å². The Hall–Kier alpha value is -3.33. The Bertz CT molecular complexity index is 1480. The molecule has 37 heavy (non-hydrogen) atoms. The number of amides is 1. The van der Waals surface area contributed by atoms with Crippen LogP contribution in [-0.4, -0.2) is 56.0 Å². The molecule has 0 fully saturated rings. The van der Waals surface area contributed by atoms with Gasteiger partial charge in [0.15, 0.2) is 11.6 Å². The normalized spacial score (nSPS) is 15.8. The lowest BCUT2D eigenvalue weighted by Gasteiger charge is -2.22. The van der Waals surface area contributed by atoms with Gasteiger partial charge in [-0.15, -0.1) is 11.3 Å². The molecule has 5 N–H and O–H groups in total. The number of aliphatic hydroxyl groups excluding tert-OH is 3. The minimum Gasteiger partial charge on any atom is -0.394 e. The maximum absolute atomic E-state index is 14.0. The summed E-state index contributed by atoms with van der Waals surface area (Å²) < 4.78 is 30.1. The van der Waals surface area contributed by atoms with Gasteiger partial charge in [-0.3, -0.25) is 18.7 Å². The van der Waals surface area contributed by atoms with Crippen molar-refractivity contribution < 1.29 is 28.9 Å². The van der Waals surface area contributed by atoms with E-state index in [0.29, 0.717) is 0 Å². The predicted octanol–water partition coefficient (Wildman–Crippen LogP) is 0.487. The summed E-state index contributed by atoms with van der Waals surface area (Å²) in [6.07, 6.45) is -2.64. The Labute approximate surface area is 213 Å². The molecule has 1 unspecified atom stereocenters. The first kappa shape index (κ1) is 26.7. The average Bonchev–Trinajstić information content (AvgIpc) is 3.36. The minimum atomic E-state index is -1.39. The van der Waals surface area contributed by atoms with Crippen LogP contribution in [0, 0.1) is 17.6 Å². The van der Waals surface area contributed by atoms with Crippen molar-refractivity contribution in [2.24, 2.45) is 13.0 Å². The molecule has 2 aromatic heterocycles. The molecule has 0 radical (unpaired) electrons. The fourth-order valence-electron chi connectivity index (χ4n) is 4.18. The van der Waals surface area contributed by atoms with Crippen LogP contribution in [0.3, 0.4) is 0 Å². The van der Waals surface area contributed by atoms with E-state index in [1.54, 1.807) is 0 Å². The number of carbonyl (C=O) groups is 1. The standard InChI is InChI=1S/C23H27F2N5O6S/c1-10(2)7-30-21-18(20(34)28(3)23(30)36)17(19(33)26-6-11(32)9-31)16(37-21)8-29-15-5-13(25)12(24)4-14(15)27-22(29)35/h4-5,10-11,22,27,31-32,35H,6-9H2,1-3H3,(H,26,33)/t11-,22?/m0/s1. The van der Waals surface area contributed by atoms with Crippen molar-refractivity contribution in [3.8, 4) is 0 Å². The number of thiophene rings is 1. The molecule has 1 aliphatic heterocycles. The lowest BCUT2D eigenvalue weighted by molar-refractivity contribution is 0.0802. The van der Waals surface area contributed by atoms with Crippen molar-refractivity contribution in [3.05, 3.63) is 55.0 Å². The monoisotopic (exact) mass is 539 g/mol. The number of nitrogens with one attached hydrogen (secondary N) is 2. The zero-order valence-electron chi connectivity index (χ0n) is 20.3. The van der Waals surface area contributed by atoms with Gasteiger partial charge in [-0.2, -0.15) is 0 Å². The second kappa shape index (κ2) is 10.2. The zero-order chi connectivity index (χ0) is 27.2. The summed E-state index contributed by atoms with van der Waals surface area (Å²) in [4.78, 5) is 41.3. The van der Waals surface area contributed by atoms with Gasteiger partial charge < -0.3 is 30.9 Å². The summed E-state index contributed by atoms with van der Waals surface area (Å²) in [5.74, 6) is -2.96. The van der Waals surface area contributed by atoms with Gasteiger partial charge in [0, 0.05) is 37.1 Å². The molecule has 200 valence electrons. The first-order chi connectivity index (χ1) is 17.4. The Morgan fingerprint density at radius 2 is 1.92 bits per heavy atom. The van der Waals surface area contributed by atoms with Gasteiger partial charge in [-0.25, -0.2) is 13.6 Å². The minimum absolute atomic E-state index is 0.0223. The van der Waals surface area contributed by atoms with Crippen LogP contribution < -0.4 is 26.8 Å². The highest BCUT2D eigenvalue weighted by atomic mass is 32.1. The molecule has 11 nitrogen and oxygen atoms in total. The number of hydrogen-bond donors (Lipinski definition) is 5. The van der Waals surface area contributed by atoms with Crippen LogP contribution in [0.1, 0.15) is 29.1 Å². The fraction of sp³-hybridized carbons (Fsp3) is 0.435. The van der Waals surface area contributed by atoms with Gasteiger partial charge in [0.2, 0.25) is 6.35 Å². The first-order valence-corrected chi connectivity index (χ1v) is 12.3. The number of benzene rings is 1. The molecule has 0 aliphatic carbocycles. The van der Waals surface area contributed by atoms with E-state index in [4.69, 9.17) is 5.11 Å². The van der Waals surface area contributed by atoms with Crippen molar-refractivity contribution in [1.29, 1.82) is 0 Å². The Kier molecular flexibility index (Phi) is 7.37. The summed E-state index contributed by atoms with van der Waals surface area (Å²) in [6, 6.07) is 1.81. The smallest absolute Gasteiger partial charge is 0.331 e. The molecular weight excluding hydrogens is 512 g/mol. The van der Waals surface area contributed by atoms with Crippen LogP contribution in [0.15, 0.2) is 21.7 Å². The molecule has 0 spiro atoms. The fourth-order valence-corrected chi connectivity index (χ4v) is 5.47. The second-order valence-corrected chi connectivity index (χ2v) is 10.3. The molecular formula is C23H27F2N5O6S. The maximum atomic E-state index is 14.0. The largest absolute Gasteiger partial charge is 0.394 e. The number of fused-ring (bicyclic) bond motifs is 2. The lowest BCUT2D eigenvalue weighted by atomic mass is 10.1. The topological polar surface area (TPSA) is 149 Å². The third-order valence-electron chi connectivity index (χ3n) is 5.97. The number of aromatic nitrogens is 2. The highest BCUT2D eigenvalue weighted by molar-refractivity contribution is 7.19. The van der Waals surface area contributed by atoms with E-state index in [1.807, 2.05) is 13.8 Å². The van der Waals surface area contributed by atoms with Gasteiger partial charge in [-0.1, -0.05) is 13.8 Å². The summed E-state index contributed by atoms with van der Waals surface area (Å²) in [5.41, 5.74) is -1.07. The summed E-state index contributed by atoms with van der Waals surface area (Å²) in [6.45, 7) is 2.93. The number of halogens is 2. The lowest BCUT2D eigenvalue weighted by Crippen LogP contribution is -2.40. The molecule has 1 aliphatic rings. The molecule has 4 rings (SSSR count). The van der Waals surface area contributed by atoms with E-state index in [1.165, 1.54) is 16.5 Å². The predicted molar refractivity (Wildman–Crippen MR) is 134 cm³/mol. The van der Waals surface area contributed by atoms with Crippen molar-refractivity contribution in [1.82, 2.24) is 14.5 Å². The van der Waals surface area contributed by atoms with E-state index in [0.717, 1.165) is 28.0 Å². The van der Waals surface area contributed by atoms with Crippen LogP contribution >= 0.6 is 11.3 Å². The van der Waals surface area contributed by atoms with E-state index in [-0.39, 0.29) is 57.6 Å². The number of aliphatic hydroxyl groups is 3. The molecule has 2 atom stereocenters. The molecule has 0 saturated heterocycles. The number of carbonyl (C=O) groups excluding carboxylic acids is 1. The third kappa shape index (κ3) is 4.84. The van der Waals surface area contributed by atoms with E-state index in [2.05, 4.69) is 10.6 Å². The van der Waals surface area contributed by atoms with Crippen molar-refractivity contribution in [2.45, 2.75) is 39.4 Å². The molecule has 3 aromatic rings.